The Balaban J connectivity index is 0.00000156. The highest BCUT2D eigenvalue weighted by atomic mass is 35.5. The van der Waals surface area contributed by atoms with Crippen LogP contribution in [0.2, 0.25) is 0 Å². The van der Waals surface area contributed by atoms with Gasteiger partial charge in [0.15, 0.2) is 5.76 Å². The second kappa shape index (κ2) is 6.34. The number of nitrogens with one attached hydrogen (secondary N) is 1. The third-order valence-electron chi connectivity index (χ3n) is 4.63. The molecule has 3 heterocycles. The van der Waals surface area contributed by atoms with Crippen molar-refractivity contribution in [1.82, 2.24) is 10.2 Å². The topological polar surface area (TPSA) is 45.5 Å². The molecule has 0 bridgehead atoms. The molecule has 2 aliphatic rings. The summed E-state index contributed by atoms with van der Waals surface area (Å²) >= 11 is 0. The lowest BCUT2D eigenvalue weighted by Crippen LogP contribution is -2.31. The molecule has 122 valence electrons. The van der Waals surface area contributed by atoms with Gasteiger partial charge in [0.05, 0.1) is 5.56 Å². The average molecular weight is 337 g/mol. The molecule has 2 fully saturated rings. The summed E-state index contributed by atoms with van der Waals surface area (Å²) in [6, 6.07) is 9.70. The highest BCUT2D eigenvalue weighted by Gasteiger charge is 2.38. The Morgan fingerprint density at radius 2 is 1.83 bits per heavy atom. The van der Waals surface area contributed by atoms with Gasteiger partial charge in [-0.15, -0.1) is 12.4 Å². The summed E-state index contributed by atoms with van der Waals surface area (Å²) in [5, 5.41) is 3.35. The molecule has 0 radical (unpaired) electrons. The molecule has 2 atom stereocenters. The van der Waals surface area contributed by atoms with E-state index < -0.39 is 0 Å². The number of hydrogen-bond donors (Lipinski definition) is 1. The van der Waals surface area contributed by atoms with E-state index in [2.05, 4.69) is 5.32 Å². The molecular weight excluding hydrogens is 319 g/mol. The zero-order valence-electron chi connectivity index (χ0n) is 12.5. The van der Waals surface area contributed by atoms with Gasteiger partial charge in [0, 0.05) is 26.2 Å². The number of carbonyl (C=O) groups is 1. The van der Waals surface area contributed by atoms with Gasteiger partial charge in [-0.05, 0) is 36.1 Å². The lowest BCUT2D eigenvalue weighted by Gasteiger charge is -2.15. The predicted molar refractivity (Wildman–Crippen MR) is 87.1 cm³/mol. The zero-order valence-corrected chi connectivity index (χ0v) is 13.3. The van der Waals surface area contributed by atoms with Gasteiger partial charge in [0.2, 0.25) is 0 Å². The Kier molecular flexibility index (Phi) is 4.41. The van der Waals surface area contributed by atoms with Crippen LogP contribution in [0.5, 0.6) is 0 Å². The quantitative estimate of drug-likeness (QED) is 0.917. The van der Waals surface area contributed by atoms with Crippen LogP contribution in [-0.4, -0.2) is 37.0 Å². The summed E-state index contributed by atoms with van der Waals surface area (Å²) in [5.74, 6) is 1.32. The predicted octanol–water partition coefficient (Wildman–Crippen LogP) is 2.80. The second-order valence-electron chi connectivity index (χ2n) is 6.03. The molecule has 23 heavy (non-hydrogen) atoms. The molecule has 0 saturated carbocycles. The van der Waals surface area contributed by atoms with Gasteiger partial charge < -0.3 is 14.6 Å². The maximum absolute atomic E-state index is 13.8. The Morgan fingerprint density at radius 3 is 2.52 bits per heavy atom. The van der Waals surface area contributed by atoms with Crippen LogP contribution in [0, 0.1) is 17.7 Å². The Bertz CT molecular complexity index is 706. The Labute approximate surface area is 140 Å². The fourth-order valence-electron chi connectivity index (χ4n) is 3.44. The first-order valence-electron chi connectivity index (χ1n) is 7.57. The Morgan fingerprint density at radius 1 is 1.13 bits per heavy atom. The van der Waals surface area contributed by atoms with E-state index in [1.807, 2.05) is 4.90 Å². The summed E-state index contributed by atoms with van der Waals surface area (Å²) in [6.45, 7) is 3.50. The fourth-order valence-corrected chi connectivity index (χ4v) is 3.44. The number of likely N-dealkylation sites (tertiary alicyclic amines) is 1. The van der Waals surface area contributed by atoms with Gasteiger partial charge in [0.25, 0.3) is 5.91 Å². The normalized spacial score (nSPS) is 22.7. The third-order valence-corrected chi connectivity index (χ3v) is 4.63. The summed E-state index contributed by atoms with van der Waals surface area (Å²) in [5.41, 5.74) is 0.379. The molecule has 2 saturated heterocycles. The van der Waals surface area contributed by atoms with Crippen LogP contribution >= 0.6 is 12.4 Å². The number of benzene rings is 1. The number of halogens is 2. The first-order chi connectivity index (χ1) is 10.7. The molecule has 0 aliphatic carbocycles. The van der Waals surface area contributed by atoms with E-state index in [1.54, 1.807) is 30.3 Å². The molecule has 6 heteroatoms. The van der Waals surface area contributed by atoms with Crippen LogP contribution in [0.1, 0.15) is 10.6 Å². The molecule has 0 spiro atoms. The molecule has 2 aromatic rings. The van der Waals surface area contributed by atoms with Crippen molar-refractivity contribution in [3.05, 3.63) is 48.0 Å². The Hall–Kier alpha value is -1.85. The van der Waals surface area contributed by atoms with E-state index in [9.17, 15) is 9.18 Å². The van der Waals surface area contributed by atoms with Crippen molar-refractivity contribution in [2.75, 3.05) is 26.2 Å². The van der Waals surface area contributed by atoms with Gasteiger partial charge in [0.1, 0.15) is 11.6 Å². The summed E-state index contributed by atoms with van der Waals surface area (Å²) < 4.78 is 19.4. The highest BCUT2D eigenvalue weighted by Crippen LogP contribution is 2.29. The van der Waals surface area contributed by atoms with E-state index in [-0.39, 0.29) is 29.9 Å². The standard InChI is InChI=1S/C17H17FN2O2.ClH/c18-14-4-2-1-3-13(14)15-5-6-16(22-15)17(21)20-9-11-7-19-8-12(11)10-20;/h1-6,11-12,19H,7-10H2;1H/t11-,12+;. The molecular formula is C17H18ClFN2O2. The molecule has 2 aliphatic heterocycles. The van der Waals surface area contributed by atoms with Gasteiger partial charge in [-0.3, -0.25) is 4.79 Å². The third kappa shape index (κ3) is 2.86. The SMILES string of the molecule is Cl.O=C(c1ccc(-c2ccccc2F)o1)N1C[C@H]2CNC[C@H]2C1. The maximum atomic E-state index is 13.8. The second-order valence-corrected chi connectivity index (χ2v) is 6.03. The van der Waals surface area contributed by atoms with E-state index in [4.69, 9.17) is 4.42 Å². The lowest BCUT2D eigenvalue weighted by molar-refractivity contribution is 0.0751. The first-order valence-corrected chi connectivity index (χ1v) is 7.57. The molecule has 4 rings (SSSR count). The largest absolute Gasteiger partial charge is 0.451 e. The van der Waals surface area contributed by atoms with Crippen LogP contribution in [0.3, 0.4) is 0 Å². The van der Waals surface area contributed by atoms with E-state index in [0.29, 0.717) is 23.2 Å². The number of furan rings is 1. The van der Waals surface area contributed by atoms with Crippen molar-refractivity contribution in [3.63, 3.8) is 0 Å². The van der Waals surface area contributed by atoms with Crippen molar-refractivity contribution in [1.29, 1.82) is 0 Å². The number of amides is 1. The fraction of sp³-hybridized carbons (Fsp3) is 0.353. The minimum absolute atomic E-state index is 0. The van der Waals surface area contributed by atoms with Crippen LogP contribution < -0.4 is 5.32 Å². The summed E-state index contributed by atoms with van der Waals surface area (Å²) in [4.78, 5) is 14.4. The maximum Gasteiger partial charge on any atom is 0.289 e. The van der Waals surface area contributed by atoms with Crippen molar-refractivity contribution < 1.29 is 13.6 Å². The van der Waals surface area contributed by atoms with Gasteiger partial charge in [-0.25, -0.2) is 4.39 Å². The van der Waals surface area contributed by atoms with Gasteiger partial charge >= 0.3 is 0 Å². The lowest BCUT2D eigenvalue weighted by atomic mass is 10.0. The summed E-state index contributed by atoms with van der Waals surface area (Å²) in [7, 11) is 0. The number of nitrogens with zero attached hydrogens (tertiary/aromatic N) is 1. The van der Waals surface area contributed by atoms with Crippen molar-refractivity contribution in [3.8, 4) is 11.3 Å². The monoisotopic (exact) mass is 336 g/mol. The highest BCUT2D eigenvalue weighted by molar-refractivity contribution is 5.92. The van der Waals surface area contributed by atoms with Crippen molar-refractivity contribution in [2.24, 2.45) is 11.8 Å². The smallest absolute Gasteiger partial charge is 0.289 e. The van der Waals surface area contributed by atoms with Crippen molar-refractivity contribution >= 4 is 18.3 Å². The molecule has 1 aromatic carbocycles. The van der Waals surface area contributed by atoms with Crippen molar-refractivity contribution in [2.45, 2.75) is 0 Å². The van der Waals surface area contributed by atoms with Crippen LogP contribution in [0.4, 0.5) is 4.39 Å². The molecule has 1 aromatic heterocycles. The molecule has 0 unspecified atom stereocenters. The number of hydrogen-bond acceptors (Lipinski definition) is 3. The minimum atomic E-state index is -0.349. The van der Waals surface area contributed by atoms with Crippen LogP contribution in [0.15, 0.2) is 40.8 Å². The van der Waals surface area contributed by atoms with Gasteiger partial charge in [-0.2, -0.15) is 0 Å². The average Bonchev–Trinajstić information content (AvgIpc) is 3.22. The molecule has 4 nitrogen and oxygen atoms in total. The zero-order chi connectivity index (χ0) is 15.1. The van der Waals surface area contributed by atoms with Crippen LogP contribution in [0.25, 0.3) is 11.3 Å². The summed E-state index contributed by atoms with van der Waals surface area (Å²) in [6.07, 6.45) is 0. The van der Waals surface area contributed by atoms with Gasteiger partial charge in [-0.1, -0.05) is 12.1 Å². The number of carbonyl (C=O) groups excluding carboxylic acids is 1. The van der Waals surface area contributed by atoms with E-state index in [0.717, 1.165) is 26.2 Å². The van der Waals surface area contributed by atoms with E-state index >= 15 is 0 Å². The van der Waals surface area contributed by atoms with E-state index in [1.165, 1.54) is 6.07 Å². The molecule has 1 N–H and O–H groups in total. The minimum Gasteiger partial charge on any atom is -0.451 e. The number of rotatable bonds is 2. The van der Waals surface area contributed by atoms with Crippen LogP contribution in [-0.2, 0) is 0 Å². The first kappa shape index (κ1) is 16.0. The molecule has 1 amide bonds. The number of fused-ring (bicyclic) bond motifs is 1.